The van der Waals surface area contributed by atoms with Gasteiger partial charge in [0.1, 0.15) is 12.4 Å². The van der Waals surface area contributed by atoms with Gasteiger partial charge >= 0.3 is 5.97 Å². The zero-order valence-corrected chi connectivity index (χ0v) is 17.5. The fourth-order valence-corrected chi connectivity index (χ4v) is 4.65. The molecule has 0 N–H and O–H groups in total. The fourth-order valence-electron chi connectivity index (χ4n) is 3.41. The molecule has 0 saturated carbocycles. The van der Waals surface area contributed by atoms with E-state index in [0.717, 1.165) is 31.4 Å². The molecule has 152 valence electrons. The van der Waals surface area contributed by atoms with Crippen LogP contribution in [-0.4, -0.2) is 22.0 Å². The van der Waals surface area contributed by atoms with Crippen molar-refractivity contribution in [3.63, 3.8) is 0 Å². The largest absolute Gasteiger partial charge is 0.493 e. The summed E-state index contributed by atoms with van der Waals surface area (Å²) in [4.78, 5) is 31.5. The molecule has 29 heavy (non-hydrogen) atoms. The fraction of sp³-hybridized carbons (Fsp3) is 0.409. The highest BCUT2D eigenvalue weighted by molar-refractivity contribution is 7.17. The average molecular weight is 413 g/mol. The predicted octanol–water partition coefficient (Wildman–Crippen LogP) is 4.03. The molecule has 0 radical (unpaired) electrons. The number of hydrogen-bond donors (Lipinski definition) is 0. The first-order chi connectivity index (χ1) is 14.0. The maximum Gasteiger partial charge on any atom is 0.338 e. The van der Waals surface area contributed by atoms with Crippen LogP contribution in [0, 0.1) is 5.92 Å². The van der Waals surface area contributed by atoms with Crippen LogP contribution in [0.5, 0.6) is 5.75 Å². The Bertz CT molecular complexity index is 1100. The molecule has 3 aromatic rings. The Labute approximate surface area is 173 Å². The summed E-state index contributed by atoms with van der Waals surface area (Å²) in [7, 11) is 0. The molecule has 0 bridgehead atoms. The van der Waals surface area contributed by atoms with Crippen molar-refractivity contribution < 1.29 is 14.3 Å². The van der Waals surface area contributed by atoms with Gasteiger partial charge in [0.2, 0.25) is 0 Å². The molecular formula is C22H24N2O4S. The number of nitrogens with zero attached hydrogens (tertiary/aromatic N) is 2. The normalized spacial score (nSPS) is 13.5. The summed E-state index contributed by atoms with van der Waals surface area (Å²) < 4.78 is 12.8. The highest BCUT2D eigenvalue weighted by Crippen LogP contribution is 2.28. The first-order valence-corrected chi connectivity index (χ1v) is 10.8. The second-order valence-electron chi connectivity index (χ2n) is 7.69. The zero-order valence-electron chi connectivity index (χ0n) is 16.6. The quantitative estimate of drug-likeness (QED) is 0.572. The molecule has 0 fully saturated rings. The van der Waals surface area contributed by atoms with E-state index in [-0.39, 0.29) is 12.2 Å². The third-order valence-corrected chi connectivity index (χ3v) is 5.96. The van der Waals surface area contributed by atoms with Crippen LogP contribution < -0.4 is 10.3 Å². The van der Waals surface area contributed by atoms with Gasteiger partial charge < -0.3 is 9.47 Å². The third kappa shape index (κ3) is 4.34. The Balaban J connectivity index is 1.47. The number of fused-ring (bicyclic) bond motifs is 3. The summed E-state index contributed by atoms with van der Waals surface area (Å²) in [6.45, 7) is 4.67. The maximum absolute atomic E-state index is 12.6. The molecule has 0 unspecified atom stereocenters. The van der Waals surface area contributed by atoms with Gasteiger partial charge in [-0.05, 0) is 49.8 Å². The van der Waals surface area contributed by atoms with Gasteiger partial charge in [-0.1, -0.05) is 19.9 Å². The number of esters is 1. The second-order valence-corrected chi connectivity index (χ2v) is 8.75. The third-order valence-electron chi connectivity index (χ3n) is 4.82. The number of aromatic nitrogens is 2. The molecule has 1 aliphatic carbocycles. The van der Waals surface area contributed by atoms with Gasteiger partial charge in [-0.15, -0.1) is 11.3 Å². The number of carbonyl (C=O) groups excluding carboxylic acids is 1. The van der Waals surface area contributed by atoms with E-state index in [1.165, 1.54) is 10.9 Å². The standard InChI is InChI=1S/C22H24N2O4S/c1-14(2)12-27-17-7-5-6-15(10-17)21(26)28-13-16-11-20(25)24-18-8-3-4-9-19(18)29-22(24)23-16/h5-7,10-11,14H,3-4,8-9,12-13H2,1-2H3. The summed E-state index contributed by atoms with van der Waals surface area (Å²) >= 11 is 1.56. The molecule has 1 aliphatic rings. The van der Waals surface area contributed by atoms with Gasteiger partial charge in [0.05, 0.1) is 17.9 Å². The van der Waals surface area contributed by atoms with Crippen molar-refractivity contribution in [3.05, 3.63) is 62.5 Å². The van der Waals surface area contributed by atoms with Gasteiger partial charge in [0.25, 0.3) is 5.56 Å². The van der Waals surface area contributed by atoms with E-state index in [0.29, 0.717) is 34.5 Å². The molecule has 0 saturated heterocycles. The van der Waals surface area contributed by atoms with E-state index < -0.39 is 5.97 Å². The molecule has 0 spiro atoms. The number of thiazole rings is 1. The second kappa shape index (κ2) is 8.37. The van der Waals surface area contributed by atoms with E-state index in [9.17, 15) is 9.59 Å². The number of carbonyl (C=O) groups is 1. The first kappa shape index (κ1) is 19.6. The van der Waals surface area contributed by atoms with Crippen LogP contribution in [0.4, 0.5) is 0 Å². The molecule has 2 aromatic heterocycles. The van der Waals surface area contributed by atoms with Crippen LogP contribution in [0.15, 0.2) is 35.1 Å². The highest BCUT2D eigenvalue weighted by atomic mass is 32.1. The van der Waals surface area contributed by atoms with Crippen molar-refractivity contribution in [1.29, 1.82) is 0 Å². The van der Waals surface area contributed by atoms with Crippen molar-refractivity contribution >= 4 is 22.3 Å². The topological polar surface area (TPSA) is 69.9 Å². The number of hydrogen-bond acceptors (Lipinski definition) is 6. The van der Waals surface area contributed by atoms with Gasteiger partial charge in [-0.2, -0.15) is 0 Å². The smallest absolute Gasteiger partial charge is 0.338 e. The molecule has 0 aliphatic heterocycles. The molecule has 2 heterocycles. The summed E-state index contributed by atoms with van der Waals surface area (Å²) in [6.07, 6.45) is 4.17. The number of aryl methyl sites for hydroxylation is 2. The molecule has 1 aromatic carbocycles. The predicted molar refractivity (Wildman–Crippen MR) is 112 cm³/mol. The van der Waals surface area contributed by atoms with Gasteiger partial charge in [0.15, 0.2) is 4.96 Å². The van der Waals surface area contributed by atoms with Gasteiger partial charge in [-0.3, -0.25) is 9.20 Å². The summed E-state index contributed by atoms with van der Waals surface area (Å²) in [6, 6.07) is 8.39. The van der Waals surface area contributed by atoms with Crippen LogP contribution in [0.3, 0.4) is 0 Å². The van der Waals surface area contributed by atoms with Crippen molar-refractivity contribution in [2.24, 2.45) is 5.92 Å². The van der Waals surface area contributed by atoms with E-state index >= 15 is 0 Å². The Morgan fingerprint density at radius 2 is 2.07 bits per heavy atom. The van der Waals surface area contributed by atoms with Crippen LogP contribution in [0.2, 0.25) is 0 Å². The Hall–Kier alpha value is -2.67. The summed E-state index contributed by atoms with van der Waals surface area (Å²) in [5.74, 6) is 0.566. The first-order valence-electron chi connectivity index (χ1n) is 9.94. The molecular weight excluding hydrogens is 388 g/mol. The van der Waals surface area contributed by atoms with Gasteiger partial charge in [0, 0.05) is 16.6 Å². The Kier molecular flexibility index (Phi) is 5.67. The van der Waals surface area contributed by atoms with Crippen LogP contribution in [-0.2, 0) is 24.2 Å². The minimum atomic E-state index is -0.465. The van der Waals surface area contributed by atoms with Crippen molar-refractivity contribution in [3.8, 4) is 5.75 Å². The highest BCUT2D eigenvalue weighted by Gasteiger charge is 2.19. The van der Waals surface area contributed by atoms with Crippen LogP contribution in [0.25, 0.3) is 4.96 Å². The van der Waals surface area contributed by atoms with Crippen molar-refractivity contribution in [2.75, 3.05) is 6.61 Å². The van der Waals surface area contributed by atoms with Crippen molar-refractivity contribution in [2.45, 2.75) is 46.1 Å². The van der Waals surface area contributed by atoms with E-state index in [4.69, 9.17) is 9.47 Å². The number of benzene rings is 1. The van der Waals surface area contributed by atoms with Gasteiger partial charge in [-0.25, -0.2) is 9.78 Å². The van der Waals surface area contributed by atoms with Crippen molar-refractivity contribution in [1.82, 2.24) is 9.38 Å². The molecule has 0 amide bonds. The zero-order chi connectivity index (χ0) is 20.4. The lowest BCUT2D eigenvalue weighted by atomic mass is 10.0. The summed E-state index contributed by atoms with van der Waals surface area (Å²) in [5, 5.41) is 0. The van der Waals surface area contributed by atoms with E-state index in [1.807, 2.05) is 6.07 Å². The molecule has 6 nitrogen and oxygen atoms in total. The maximum atomic E-state index is 12.6. The van der Waals surface area contributed by atoms with E-state index in [2.05, 4.69) is 18.8 Å². The van der Waals surface area contributed by atoms with E-state index in [1.54, 1.807) is 33.9 Å². The molecule has 0 atom stereocenters. The lowest BCUT2D eigenvalue weighted by molar-refractivity contribution is 0.0467. The monoisotopic (exact) mass is 412 g/mol. The van der Waals surface area contributed by atoms with Crippen LogP contribution >= 0.6 is 11.3 Å². The Morgan fingerprint density at radius 3 is 2.90 bits per heavy atom. The number of ether oxygens (including phenoxy) is 2. The minimum absolute atomic E-state index is 0.0375. The number of rotatable bonds is 6. The van der Waals surface area contributed by atoms with Crippen LogP contribution in [0.1, 0.15) is 53.3 Å². The minimum Gasteiger partial charge on any atom is -0.493 e. The average Bonchev–Trinajstić information content (AvgIpc) is 3.09. The lowest BCUT2D eigenvalue weighted by Gasteiger charge is -2.10. The summed E-state index contributed by atoms with van der Waals surface area (Å²) in [5.41, 5.74) is 1.87. The Morgan fingerprint density at radius 1 is 1.24 bits per heavy atom. The lowest BCUT2D eigenvalue weighted by Crippen LogP contribution is -2.18. The SMILES string of the molecule is CC(C)COc1cccc(C(=O)OCc2cc(=O)n3c4c(sc3n2)CCCC4)c1. The molecule has 4 rings (SSSR count). The molecule has 7 heteroatoms.